The molecule has 0 N–H and O–H groups in total. The Kier molecular flexibility index (Phi) is 34.2. The fourth-order valence-corrected chi connectivity index (χ4v) is 4.19. The van der Waals surface area contributed by atoms with Crippen LogP contribution in [0.5, 0.6) is 0 Å². The maximum atomic E-state index is 4.96. The van der Waals surface area contributed by atoms with E-state index in [1.165, 1.54) is 22.3 Å². The van der Waals surface area contributed by atoms with Gasteiger partial charge in [0.2, 0.25) is 0 Å². The van der Waals surface area contributed by atoms with Crippen molar-refractivity contribution < 1.29 is 4.74 Å². The first-order valence-corrected chi connectivity index (χ1v) is 14.6. The first-order chi connectivity index (χ1) is 9.12. The van der Waals surface area contributed by atoms with Crippen molar-refractivity contribution in [1.29, 1.82) is 0 Å². The van der Waals surface area contributed by atoms with Crippen molar-refractivity contribution in [3.8, 4) is 0 Å². The molecular formula is C17H42OSi3. The molecule has 0 aliphatic heterocycles. The van der Waals surface area contributed by atoms with Gasteiger partial charge in [0.1, 0.15) is 0 Å². The topological polar surface area (TPSA) is 9.23 Å². The van der Waals surface area contributed by atoms with Gasteiger partial charge < -0.3 is 4.74 Å². The van der Waals surface area contributed by atoms with Crippen molar-refractivity contribution in [2.45, 2.75) is 59.6 Å². The van der Waals surface area contributed by atoms with Crippen molar-refractivity contribution in [3.63, 3.8) is 0 Å². The molecule has 0 saturated carbocycles. The van der Waals surface area contributed by atoms with Crippen LogP contribution in [0.1, 0.15) is 28.7 Å². The largest absolute Gasteiger partial charge is 0.388 e. The van der Waals surface area contributed by atoms with E-state index in [4.69, 9.17) is 4.74 Å². The normalized spacial score (nSPS) is 11.3. The summed E-state index contributed by atoms with van der Waals surface area (Å²) in [7, 11) is 2.72. The molecule has 1 aromatic carbocycles. The van der Waals surface area contributed by atoms with E-state index in [2.05, 4.69) is 26.9 Å². The van der Waals surface area contributed by atoms with E-state index in [-0.39, 0.29) is 23.7 Å². The smallest absolute Gasteiger partial charge is 0.0644 e. The molecule has 1 nitrogen and oxygen atoms in total. The molecule has 0 aliphatic rings. The van der Waals surface area contributed by atoms with Crippen LogP contribution in [0.3, 0.4) is 0 Å². The summed E-state index contributed by atoms with van der Waals surface area (Å²) in [5.74, 6) is 0. The minimum absolute atomic E-state index is 0. The monoisotopic (exact) mass is 346 g/mol. The zero-order chi connectivity index (χ0) is 14.9. The van der Waals surface area contributed by atoms with Gasteiger partial charge in [0.05, 0.1) is 8.80 Å². The number of hydrogen-bond donors (Lipinski definition) is 0. The van der Waals surface area contributed by atoms with E-state index >= 15 is 0 Å². The highest BCUT2D eigenvalue weighted by Gasteiger charge is 1.95. The zero-order valence-electron chi connectivity index (χ0n) is 13.9. The first kappa shape index (κ1) is 28.9. The van der Waals surface area contributed by atoms with Crippen LogP contribution in [-0.2, 0) is 4.74 Å². The molecule has 2 unspecified atom stereocenters. The molecule has 0 heterocycles. The van der Waals surface area contributed by atoms with Crippen molar-refractivity contribution in [3.05, 3.63) is 36.4 Å². The Morgan fingerprint density at radius 3 is 1.24 bits per heavy atom. The minimum atomic E-state index is -0.404. The van der Waals surface area contributed by atoms with Crippen molar-refractivity contribution in [1.82, 2.24) is 0 Å². The molecule has 0 aliphatic carbocycles. The Hall–Kier alpha value is -0.169. The van der Waals surface area contributed by atoms with Crippen molar-refractivity contribution in [2.24, 2.45) is 0 Å². The maximum absolute atomic E-state index is 4.96. The summed E-state index contributed by atoms with van der Waals surface area (Å²) in [4.78, 5) is 0. The van der Waals surface area contributed by atoms with Gasteiger partial charge in [-0.05, 0) is 10.2 Å². The van der Waals surface area contributed by atoms with Gasteiger partial charge >= 0.3 is 0 Å². The summed E-state index contributed by atoms with van der Waals surface area (Å²) in [6.07, 6.45) is 1.04. The Bertz CT molecular complexity index is 214. The average molecular weight is 347 g/mol. The molecule has 0 saturated heterocycles. The Morgan fingerprint density at radius 2 is 1.14 bits per heavy atom. The van der Waals surface area contributed by atoms with Gasteiger partial charge in [-0.15, -0.1) is 0 Å². The molecule has 1 rings (SSSR count). The van der Waals surface area contributed by atoms with Gasteiger partial charge in [0, 0.05) is 22.1 Å². The number of benzene rings is 1. The highest BCUT2D eigenvalue weighted by molar-refractivity contribution is 6.64. The fourth-order valence-electron chi connectivity index (χ4n) is 1.08. The van der Waals surface area contributed by atoms with Crippen LogP contribution in [-0.4, -0.2) is 41.2 Å². The van der Waals surface area contributed by atoms with Crippen LogP contribution in [0.4, 0.5) is 0 Å². The van der Waals surface area contributed by atoms with Crippen LogP contribution in [0.15, 0.2) is 36.4 Å². The molecule has 21 heavy (non-hydrogen) atoms. The molecule has 0 amide bonds. The molecule has 0 aromatic heterocycles. The van der Waals surface area contributed by atoms with Gasteiger partial charge in [-0.25, -0.2) is 0 Å². The molecule has 1 aromatic rings. The summed E-state index contributed by atoms with van der Waals surface area (Å²) >= 11 is 0. The van der Waals surface area contributed by atoms with Crippen LogP contribution >= 0.6 is 0 Å². The molecule has 128 valence electrons. The molecule has 0 radical (unpaired) electrons. The number of methoxy groups -OCH3 is 1. The van der Waals surface area contributed by atoms with Gasteiger partial charge in [0.15, 0.2) is 0 Å². The molecule has 0 fully saturated rings. The standard InChI is InChI=1S/C6H6.C5H14OSi.C4H14Si2.2CH4/c1-2-4-6-5-3-1;1-4-7(3)5-6-2;1-3-6(2)4-5;;/h1-6H;7H,4-5H2,1-3H3;6H,3-4H2,1-2,5H3;2*1H4. The van der Waals surface area contributed by atoms with Gasteiger partial charge in [-0.1, -0.05) is 95.9 Å². The van der Waals surface area contributed by atoms with E-state index in [0.717, 1.165) is 6.23 Å². The van der Waals surface area contributed by atoms with Gasteiger partial charge in [-0.3, -0.25) is 0 Å². The van der Waals surface area contributed by atoms with E-state index in [9.17, 15) is 0 Å². The van der Waals surface area contributed by atoms with Crippen molar-refractivity contribution in [2.75, 3.05) is 13.3 Å². The molecular weight excluding hydrogens is 304 g/mol. The molecule has 2 atom stereocenters. The zero-order valence-corrected chi connectivity index (χ0v) is 18.2. The third-order valence-electron chi connectivity index (χ3n) is 3.21. The van der Waals surface area contributed by atoms with Gasteiger partial charge in [-0.2, -0.15) is 0 Å². The number of ether oxygens (including phenoxy) is 1. The number of rotatable bonds is 5. The second-order valence-corrected chi connectivity index (χ2v) is 14.7. The molecule has 0 spiro atoms. The third kappa shape index (κ3) is 28.7. The van der Waals surface area contributed by atoms with E-state index in [0.29, 0.717) is 0 Å². The summed E-state index contributed by atoms with van der Waals surface area (Å²) in [6.45, 7) is 9.32. The summed E-state index contributed by atoms with van der Waals surface area (Å²) in [5.41, 5.74) is 1.61. The minimum Gasteiger partial charge on any atom is -0.388 e. The van der Waals surface area contributed by atoms with Gasteiger partial charge in [0.25, 0.3) is 0 Å². The van der Waals surface area contributed by atoms with E-state index < -0.39 is 8.80 Å². The average Bonchev–Trinajstić information content (AvgIpc) is 2.49. The lowest BCUT2D eigenvalue weighted by Gasteiger charge is -2.01. The van der Waals surface area contributed by atoms with Crippen LogP contribution < -0.4 is 0 Å². The predicted molar refractivity (Wildman–Crippen MR) is 114 cm³/mol. The molecule has 4 heteroatoms. The second kappa shape index (κ2) is 24.8. The summed E-state index contributed by atoms with van der Waals surface area (Å²) < 4.78 is 4.96. The summed E-state index contributed by atoms with van der Waals surface area (Å²) in [5, 5.41) is 0. The second-order valence-electron chi connectivity index (χ2n) is 5.05. The predicted octanol–water partition coefficient (Wildman–Crippen LogP) is 4.19. The van der Waals surface area contributed by atoms with Crippen molar-refractivity contribution >= 4 is 27.8 Å². The van der Waals surface area contributed by atoms with E-state index in [1.807, 2.05) is 36.4 Å². The van der Waals surface area contributed by atoms with E-state index in [1.54, 1.807) is 12.8 Å². The number of hydrogen-bond acceptors (Lipinski definition) is 1. The lowest BCUT2D eigenvalue weighted by molar-refractivity contribution is 0.249. The highest BCUT2D eigenvalue weighted by atomic mass is 28.3. The third-order valence-corrected chi connectivity index (χ3v) is 12.5. The van der Waals surface area contributed by atoms with Crippen LogP contribution in [0.25, 0.3) is 0 Å². The van der Waals surface area contributed by atoms with Crippen LogP contribution in [0.2, 0.25) is 30.8 Å². The fraction of sp³-hybridized carbons (Fsp3) is 0.647. The Labute approximate surface area is 142 Å². The highest BCUT2D eigenvalue weighted by Crippen LogP contribution is 1.91. The van der Waals surface area contributed by atoms with Crippen LogP contribution in [0, 0.1) is 0 Å². The summed E-state index contributed by atoms with van der Waals surface area (Å²) in [6, 6.07) is 14.9. The SMILES string of the molecule is C.C.CC[SiH](C)COC.CC[SiH](C)C[SiH3].c1ccccc1. The lowest BCUT2D eigenvalue weighted by Crippen LogP contribution is -2.12. The Balaban J connectivity index is -0.0000000988. The quantitative estimate of drug-likeness (QED) is 0.726. The molecule has 0 bridgehead atoms. The Morgan fingerprint density at radius 1 is 0.810 bits per heavy atom. The lowest BCUT2D eigenvalue weighted by atomic mass is 10.4. The first-order valence-electron chi connectivity index (χ1n) is 7.61. The maximum Gasteiger partial charge on any atom is 0.0644 e.